The van der Waals surface area contributed by atoms with Crippen molar-refractivity contribution in [3.05, 3.63) is 28.8 Å². The Morgan fingerprint density at radius 3 is 3.00 bits per heavy atom. The molecule has 0 aliphatic carbocycles. The minimum atomic E-state index is 0.559. The second kappa shape index (κ2) is 4.79. The molecular formula is C14H16ClN3. The first kappa shape index (κ1) is 11.8. The van der Waals surface area contributed by atoms with E-state index in [0.29, 0.717) is 16.6 Å². The van der Waals surface area contributed by atoms with E-state index in [4.69, 9.17) is 11.6 Å². The first-order valence-electron chi connectivity index (χ1n) is 6.47. The SMILES string of the molecule is N#Cc1c(Cl)cccc1N1CCN2CCCC2C1. The third-order valence-corrected chi connectivity index (χ3v) is 4.35. The van der Waals surface area contributed by atoms with Gasteiger partial charge < -0.3 is 4.90 Å². The topological polar surface area (TPSA) is 30.3 Å². The summed E-state index contributed by atoms with van der Waals surface area (Å²) in [5, 5.41) is 9.80. The number of benzene rings is 1. The lowest BCUT2D eigenvalue weighted by molar-refractivity contribution is 0.231. The van der Waals surface area contributed by atoms with E-state index in [1.807, 2.05) is 12.1 Å². The van der Waals surface area contributed by atoms with Crippen LogP contribution in [0.1, 0.15) is 18.4 Å². The van der Waals surface area contributed by atoms with Crippen LogP contribution in [0, 0.1) is 11.3 Å². The van der Waals surface area contributed by atoms with Crippen molar-refractivity contribution in [3.8, 4) is 6.07 Å². The lowest BCUT2D eigenvalue weighted by Crippen LogP contribution is -2.50. The van der Waals surface area contributed by atoms with Gasteiger partial charge in [-0.2, -0.15) is 5.26 Å². The molecule has 1 aromatic carbocycles. The van der Waals surface area contributed by atoms with Crippen molar-refractivity contribution in [2.45, 2.75) is 18.9 Å². The fourth-order valence-electron chi connectivity index (χ4n) is 3.10. The van der Waals surface area contributed by atoms with Gasteiger partial charge in [-0.3, -0.25) is 4.90 Å². The maximum absolute atomic E-state index is 9.25. The van der Waals surface area contributed by atoms with Gasteiger partial charge in [0.2, 0.25) is 0 Å². The standard InChI is InChI=1S/C14H16ClN3/c15-13-4-1-5-14(12(13)9-16)18-8-7-17-6-2-3-11(17)10-18/h1,4-5,11H,2-3,6-8,10H2. The fourth-order valence-corrected chi connectivity index (χ4v) is 3.31. The minimum Gasteiger partial charge on any atom is -0.368 e. The number of anilines is 1. The molecule has 0 bridgehead atoms. The molecule has 2 heterocycles. The summed E-state index contributed by atoms with van der Waals surface area (Å²) in [5.74, 6) is 0. The quantitative estimate of drug-likeness (QED) is 0.778. The number of hydrogen-bond acceptors (Lipinski definition) is 3. The van der Waals surface area contributed by atoms with E-state index >= 15 is 0 Å². The van der Waals surface area contributed by atoms with Gasteiger partial charge in [0.1, 0.15) is 6.07 Å². The van der Waals surface area contributed by atoms with Gasteiger partial charge in [-0.1, -0.05) is 17.7 Å². The molecule has 2 aliphatic rings. The van der Waals surface area contributed by atoms with Crippen molar-refractivity contribution in [1.82, 2.24) is 4.90 Å². The van der Waals surface area contributed by atoms with Crippen LogP contribution < -0.4 is 4.90 Å². The van der Waals surface area contributed by atoms with E-state index in [9.17, 15) is 5.26 Å². The molecule has 0 aromatic heterocycles. The molecule has 18 heavy (non-hydrogen) atoms. The largest absolute Gasteiger partial charge is 0.368 e. The van der Waals surface area contributed by atoms with E-state index in [1.54, 1.807) is 6.07 Å². The summed E-state index contributed by atoms with van der Waals surface area (Å²) < 4.78 is 0. The maximum Gasteiger partial charge on any atom is 0.103 e. The Labute approximate surface area is 113 Å². The summed E-state index contributed by atoms with van der Waals surface area (Å²) in [4.78, 5) is 4.88. The van der Waals surface area contributed by atoms with E-state index in [1.165, 1.54) is 19.4 Å². The molecule has 2 aliphatic heterocycles. The average Bonchev–Trinajstić information content (AvgIpc) is 2.85. The molecule has 4 heteroatoms. The summed E-state index contributed by atoms with van der Waals surface area (Å²) in [6, 6.07) is 8.62. The summed E-state index contributed by atoms with van der Waals surface area (Å²) >= 11 is 6.10. The molecule has 0 amide bonds. The van der Waals surface area contributed by atoms with Gasteiger partial charge in [-0.15, -0.1) is 0 Å². The zero-order valence-corrected chi connectivity index (χ0v) is 11.0. The molecule has 1 aromatic rings. The average molecular weight is 262 g/mol. The van der Waals surface area contributed by atoms with Gasteiger partial charge in [-0.05, 0) is 31.5 Å². The highest BCUT2D eigenvalue weighted by molar-refractivity contribution is 6.32. The van der Waals surface area contributed by atoms with Crippen LogP contribution in [0.15, 0.2) is 18.2 Å². The van der Waals surface area contributed by atoms with E-state index in [2.05, 4.69) is 15.9 Å². The molecule has 3 nitrogen and oxygen atoms in total. The second-order valence-corrected chi connectivity index (χ2v) is 5.43. The third kappa shape index (κ3) is 1.96. The van der Waals surface area contributed by atoms with Crippen LogP contribution in [0.25, 0.3) is 0 Å². The zero-order valence-electron chi connectivity index (χ0n) is 10.3. The highest BCUT2D eigenvalue weighted by Crippen LogP contribution is 2.30. The van der Waals surface area contributed by atoms with Crippen LogP contribution in [-0.2, 0) is 0 Å². The van der Waals surface area contributed by atoms with Gasteiger partial charge in [-0.25, -0.2) is 0 Å². The molecule has 2 fully saturated rings. The van der Waals surface area contributed by atoms with Crippen LogP contribution in [0.4, 0.5) is 5.69 Å². The molecule has 1 atom stereocenters. The number of piperazine rings is 1. The van der Waals surface area contributed by atoms with Crippen LogP contribution in [-0.4, -0.2) is 37.1 Å². The molecule has 2 saturated heterocycles. The first-order chi connectivity index (χ1) is 8.79. The Hall–Kier alpha value is -1.24. The predicted octanol–water partition coefficient (Wildman–Crippen LogP) is 2.50. The third-order valence-electron chi connectivity index (χ3n) is 4.03. The number of fused-ring (bicyclic) bond motifs is 1. The smallest absolute Gasteiger partial charge is 0.103 e. The Morgan fingerprint density at radius 2 is 2.17 bits per heavy atom. The van der Waals surface area contributed by atoms with Crippen LogP contribution in [0.5, 0.6) is 0 Å². The van der Waals surface area contributed by atoms with Gasteiger partial charge in [0, 0.05) is 25.7 Å². The number of halogens is 1. The predicted molar refractivity (Wildman–Crippen MR) is 73.0 cm³/mol. The van der Waals surface area contributed by atoms with E-state index in [0.717, 1.165) is 25.3 Å². The Balaban J connectivity index is 1.87. The van der Waals surface area contributed by atoms with Gasteiger partial charge in [0.05, 0.1) is 16.3 Å². The van der Waals surface area contributed by atoms with Crippen molar-refractivity contribution in [1.29, 1.82) is 5.26 Å². The van der Waals surface area contributed by atoms with E-state index < -0.39 is 0 Å². The number of rotatable bonds is 1. The zero-order chi connectivity index (χ0) is 12.5. The molecular weight excluding hydrogens is 246 g/mol. The first-order valence-corrected chi connectivity index (χ1v) is 6.85. The second-order valence-electron chi connectivity index (χ2n) is 5.02. The van der Waals surface area contributed by atoms with E-state index in [-0.39, 0.29) is 0 Å². The molecule has 0 spiro atoms. The molecule has 0 radical (unpaired) electrons. The maximum atomic E-state index is 9.25. The summed E-state index contributed by atoms with van der Waals surface area (Å²) in [6.45, 7) is 4.35. The molecule has 0 saturated carbocycles. The lowest BCUT2D eigenvalue weighted by atomic mass is 10.1. The monoisotopic (exact) mass is 261 g/mol. The highest BCUT2D eigenvalue weighted by Gasteiger charge is 2.31. The van der Waals surface area contributed by atoms with Crippen LogP contribution >= 0.6 is 11.6 Å². The fraction of sp³-hybridized carbons (Fsp3) is 0.500. The Morgan fingerprint density at radius 1 is 1.28 bits per heavy atom. The van der Waals surface area contributed by atoms with Crippen molar-refractivity contribution >= 4 is 17.3 Å². The summed E-state index contributed by atoms with van der Waals surface area (Å²) in [6.07, 6.45) is 2.58. The van der Waals surface area contributed by atoms with Crippen LogP contribution in [0.3, 0.4) is 0 Å². The normalized spacial score (nSPS) is 23.8. The van der Waals surface area contributed by atoms with Gasteiger partial charge in [0.25, 0.3) is 0 Å². The molecule has 94 valence electrons. The van der Waals surface area contributed by atoms with Crippen molar-refractivity contribution in [3.63, 3.8) is 0 Å². The van der Waals surface area contributed by atoms with Crippen molar-refractivity contribution in [2.75, 3.05) is 31.1 Å². The Kier molecular flexibility index (Phi) is 3.15. The lowest BCUT2D eigenvalue weighted by Gasteiger charge is -2.39. The number of nitrogens with zero attached hydrogens (tertiary/aromatic N) is 3. The molecule has 3 rings (SSSR count). The number of nitriles is 1. The highest BCUT2D eigenvalue weighted by atomic mass is 35.5. The Bertz CT molecular complexity index is 494. The van der Waals surface area contributed by atoms with Crippen molar-refractivity contribution in [2.24, 2.45) is 0 Å². The minimum absolute atomic E-state index is 0.559. The summed E-state index contributed by atoms with van der Waals surface area (Å²) in [5.41, 5.74) is 1.61. The molecule has 1 unspecified atom stereocenters. The summed E-state index contributed by atoms with van der Waals surface area (Å²) in [7, 11) is 0. The molecule has 0 N–H and O–H groups in total. The number of hydrogen-bond donors (Lipinski definition) is 0. The van der Waals surface area contributed by atoms with Crippen molar-refractivity contribution < 1.29 is 0 Å². The van der Waals surface area contributed by atoms with Gasteiger partial charge in [0.15, 0.2) is 0 Å². The van der Waals surface area contributed by atoms with Crippen LogP contribution in [0.2, 0.25) is 5.02 Å². The van der Waals surface area contributed by atoms with Gasteiger partial charge >= 0.3 is 0 Å².